The van der Waals surface area contributed by atoms with Crippen molar-refractivity contribution in [2.24, 2.45) is 7.05 Å². The standard InChI is InChI=1S/C34H26N/c1-35-22-21-28-19-11-12-20-30(28)34(35)33-31(26-15-7-3-8-16-26)23-29(25-13-5-2-6-14-25)24-32(33)27-17-9-4-10-18-27/h2-24H,1H3/q+1. The Hall–Kier alpha value is -4.49. The second-order valence-corrected chi connectivity index (χ2v) is 8.91. The zero-order valence-corrected chi connectivity index (χ0v) is 19.7. The number of hydrogen-bond acceptors (Lipinski definition) is 0. The number of nitrogens with zero attached hydrogens (tertiary/aromatic N) is 1. The van der Waals surface area contributed by atoms with Gasteiger partial charge in [0.05, 0.1) is 10.9 Å². The summed E-state index contributed by atoms with van der Waals surface area (Å²) in [5.74, 6) is 0. The molecule has 6 aromatic rings. The first-order valence-corrected chi connectivity index (χ1v) is 12.0. The van der Waals surface area contributed by atoms with Crippen molar-refractivity contribution in [1.82, 2.24) is 0 Å². The molecule has 1 aromatic heterocycles. The van der Waals surface area contributed by atoms with Crippen LogP contribution in [0.2, 0.25) is 0 Å². The zero-order chi connectivity index (χ0) is 23.6. The molecule has 6 rings (SSSR count). The van der Waals surface area contributed by atoms with Crippen LogP contribution in [-0.2, 0) is 7.05 Å². The number of rotatable bonds is 4. The molecule has 1 heteroatoms. The Morgan fingerprint density at radius 3 is 1.51 bits per heavy atom. The maximum absolute atomic E-state index is 2.36. The highest BCUT2D eigenvalue weighted by atomic mass is 14.9. The van der Waals surface area contributed by atoms with Crippen LogP contribution in [0.5, 0.6) is 0 Å². The Kier molecular flexibility index (Phi) is 5.44. The summed E-state index contributed by atoms with van der Waals surface area (Å²) in [4.78, 5) is 0. The number of aromatic nitrogens is 1. The predicted octanol–water partition coefficient (Wildman–Crippen LogP) is 8.33. The molecular formula is C34H26N+. The molecule has 0 aliphatic rings. The number of pyridine rings is 1. The maximum Gasteiger partial charge on any atom is 0.221 e. The van der Waals surface area contributed by atoms with Crippen molar-refractivity contribution in [1.29, 1.82) is 0 Å². The van der Waals surface area contributed by atoms with Crippen molar-refractivity contribution in [3.63, 3.8) is 0 Å². The lowest BCUT2D eigenvalue weighted by Gasteiger charge is -2.18. The van der Waals surface area contributed by atoms with Gasteiger partial charge in [0.25, 0.3) is 0 Å². The SMILES string of the molecule is C[n+]1ccc2ccccc2c1-c1c(-c2ccccc2)cc(-c2ccccc2)cc1-c1ccccc1. The first-order valence-electron chi connectivity index (χ1n) is 12.0. The van der Waals surface area contributed by atoms with Gasteiger partial charge in [-0.3, -0.25) is 0 Å². The van der Waals surface area contributed by atoms with E-state index in [2.05, 4.69) is 151 Å². The largest absolute Gasteiger partial charge is 0.221 e. The number of benzene rings is 5. The normalized spacial score (nSPS) is 11.0. The van der Waals surface area contributed by atoms with Gasteiger partial charge in [-0.1, -0.05) is 109 Å². The van der Waals surface area contributed by atoms with Crippen LogP contribution in [0.15, 0.2) is 140 Å². The minimum atomic E-state index is 1.21. The second kappa shape index (κ2) is 9.04. The van der Waals surface area contributed by atoms with Gasteiger partial charge in [-0.05, 0) is 57.0 Å². The predicted molar refractivity (Wildman–Crippen MR) is 147 cm³/mol. The summed E-state index contributed by atoms with van der Waals surface area (Å²) in [5, 5.41) is 2.49. The van der Waals surface area contributed by atoms with Crippen molar-refractivity contribution in [3.8, 4) is 44.6 Å². The summed E-state index contributed by atoms with van der Waals surface area (Å²) in [5.41, 5.74) is 9.80. The van der Waals surface area contributed by atoms with Gasteiger partial charge in [0.15, 0.2) is 6.20 Å². The Morgan fingerprint density at radius 1 is 0.457 bits per heavy atom. The molecule has 1 nitrogen and oxygen atoms in total. The van der Waals surface area contributed by atoms with Gasteiger partial charge in [-0.2, -0.15) is 0 Å². The van der Waals surface area contributed by atoms with E-state index >= 15 is 0 Å². The summed E-state index contributed by atoms with van der Waals surface area (Å²) in [7, 11) is 2.15. The maximum atomic E-state index is 2.36. The van der Waals surface area contributed by atoms with Gasteiger partial charge in [0.2, 0.25) is 5.69 Å². The van der Waals surface area contributed by atoms with Gasteiger partial charge < -0.3 is 0 Å². The molecule has 35 heavy (non-hydrogen) atoms. The molecule has 0 aliphatic heterocycles. The van der Waals surface area contributed by atoms with E-state index in [1.807, 2.05) is 0 Å². The number of aryl methyl sites for hydroxylation is 1. The van der Waals surface area contributed by atoms with E-state index < -0.39 is 0 Å². The minimum absolute atomic E-state index is 1.21. The molecule has 0 saturated carbocycles. The summed E-state index contributed by atoms with van der Waals surface area (Å²) in [6.07, 6.45) is 2.17. The van der Waals surface area contributed by atoms with E-state index in [-0.39, 0.29) is 0 Å². The van der Waals surface area contributed by atoms with Crippen LogP contribution in [0.25, 0.3) is 55.4 Å². The molecule has 0 amide bonds. The van der Waals surface area contributed by atoms with Gasteiger partial charge in [-0.25, -0.2) is 4.57 Å². The fraction of sp³-hybridized carbons (Fsp3) is 0.0294. The van der Waals surface area contributed by atoms with Crippen LogP contribution in [0.3, 0.4) is 0 Å². The Labute approximate surface area is 206 Å². The highest BCUT2D eigenvalue weighted by Gasteiger charge is 2.24. The van der Waals surface area contributed by atoms with Gasteiger partial charge in [-0.15, -0.1) is 0 Å². The highest BCUT2D eigenvalue weighted by Crippen LogP contribution is 2.43. The second-order valence-electron chi connectivity index (χ2n) is 8.91. The molecular weight excluding hydrogens is 422 g/mol. The molecule has 0 atom stereocenters. The molecule has 0 bridgehead atoms. The van der Waals surface area contributed by atoms with Crippen molar-refractivity contribution in [2.75, 3.05) is 0 Å². The molecule has 166 valence electrons. The lowest BCUT2D eigenvalue weighted by Crippen LogP contribution is -2.31. The van der Waals surface area contributed by atoms with Crippen LogP contribution in [-0.4, -0.2) is 0 Å². The minimum Gasteiger partial charge on any atom is -0.200 e. The van der Waals surface area contributed by atoms with E-state index in [1.165, 1.54) is 55.4 Å². The van der Waals surface area contributed by atoms with Crippen LogP contribution in [0.4, 0.5) is 0 Å². The monoisotopic (exact) mass is 448 g/mol. The Bertz CT molecular complexity index is 1560. The van der Waals surface area contributed by atoms with Crippen molar-refractivity contribution >= 4 is 10.8 Å². The highest BCUT2D eigenvalue weighted by molar-refractivity contribution is 6.03. The number of fused-ring (bicyclic) bond motifs is 1. The summed E-state index contributed by atoms with van der Waals surface area (Å²) < 4.78 is 2.26. The first kappa shape index (κ1) is 21.1. The van der Waals surface area contributed by atoms with Crippen LogP contribution in [0.1, 0.15) is 0 Å². The van der Waals surface area contributed by atoms with Gasteiger partial charge >= 0.3 is 0 Å². The van der Waals surface area contributed by atoms with Crippen molar-refractivity contribution in [2.45, 2.75) is 0 Å². The Balaban J connectivity index is 1.79. The molecule has 0 fully saturated rings. The average Bonchev–Trinajstić information content (AvgIpc) is 2.94. The molecule has 0 spiro atoms. The lowest BCUT2D eigenvalue weighted by atomic mass is 9.85. The van der Waals surface area contributed by atoms with Gasteiger partial charge in [0.1, 0.15) is 7.05 Å². The molecule has 0 saturated heterocycles. The third-order valence-electron chi connectivity index (χ3n) is 6.70. The Morgan fingerprint density at radius 2 is 0.943 bits per heavy atom. The van der Waals surface area contributed by atoms with Crippen molar-refractivity contribution in [3.05, 3.63) is 140 Å². The van der Waals surface area contributed by atoms with Gasteiger partial charge in [0, 0.05) is 6.07 Å². The van der Waals surface area contributed by atoms with E-state index in [0.717, 1.165) is 0 Å². The first-order chi connectivity index (χ1) is 17.3. The molecule has 1 heterocycles. The van der Waals surface area contributed by atoms with Crippen molar-refractivity contribution < 1.29 is 4.57 Å². The summed E-state index contributed by atoms with van der Waals surface area (Å²) in [6.45, 7) is 0. The van der Waals surface area contributed by atoms with Crippen LogP contribution < -0.4 is 4.57 Å². The molecule has 0 radical (unpaired) electrons. The topological polar surface area (TPSA) is 3.88 Å². The molecule has 0 aliphatic carbocycles. The smallest absolute Gasteiger partial charge is 0.200 e. The van der Waals surface area contributed by atoms with E-state index in [9.17, 15) is 0 Å². The van der Waals surface area contributed by atoms with Crippen LogP contribution in [0, 0.1) is 0 Å². The third kappa shape index (κ3) is 3.92. The summed E-state index contributed by atoms with van der Waals surface area (Å²) >= 11 is 0. The zero-order valence-electron chi connectivity index (χ0n) is 19.7. The third-order valence-corrected chi connectivity index (χ3v) is 6.70. The number of hydrogen-bond donors (Lipinski definition) is 0. The van der Waals surface area contributed by atoms with E-state index in [0.29, 0.717) is 0 Å². The quantitative estimate of drug-likeness (QED) is 0.239. The molecule has 0 N–H and O–H groups in total. The molecule has 0 unspecified atom stereocenters. The lowest BCUT2D eigenvalue weighted by molar-refractivity contribution is -0.659. The fourth-order valence-corrected chi connectivity index (χ4v) is 5.01. The fourth-order valence-electron chi connectivity index (χ4n) is 5.01. The molecule has 5 aromatic carbocycles. The average molecular weight is 449 g/mol. The van der Waals surface area contributed by atoms with E-state index in [1.54, 1.807) is 0 Å². The summed E-state index contributed by atoms with van der Waals surface area (Å²) in [6, 6.07) is 47.8. The van der Waals surface area contributed by atoms with Crippen LogP contribution >= 0.6 is 0 Å². The van der Waals surface area contributed by atoms with E-state index in [4.69, 9.17) is 0 Å².